The van der Waals surface area contributed by atoms with Crippen molar-refractivity contribution in [3.05, 3.63) is 35.6 Å². The Balaban J connectivity index is 1.88. The molecule has 0 saturated carbocycles. The summed E-state index contributed by atoms with van der Waals surface area (Å²) < 4.78 is 13.6. The van der Waals surface area contributed by atoms with Crippen LogP contribution >= 0.6 is 0 Å². The van der Waals surface area contributed by atoms with Crippen molar-refractivity contribution in [2.45, 2.75) is 26.3 Å². The molecule has 1 aromatic carbocycles. The van der Waals surface area contributed by atoms with Crippen LogP contribution in [0, 0.1) is 11.7 Å². The Bertz CT molecular complexity index is 569. The van der Waals surface area contributed by atoms with Crippen LogP contribution in [0.25, 0.3) is 0 Å². The Morgan fingerprint density at radius 2 is 1.70 bits per heavy atom. The van der Waals surface area contributed by atoms with Crippen LogP contribution in [0.4, 0.5) is 4.39 Å². The standard InChI is InChI=1S/C17H24FN3O2/c1-12(2)16(19)17(23)21-9-7-20(8-10-21)15(22)11-13-5-3-4-6-14(13)18/h3-6,12,16H,7-11,19H2,1-2H3/t16-/m0/s1. The Hall–Kier alpha value is -1.95. The van der Waals surface area contributed by atoms with E-state index < -0.39 is 6.04 Å². The van der Waals surface area contributed by atoms with Gasteiger partial charge in [0.1, 0.15) is 5.82 Å². The van der Waals surface area contributed by atoms with Crippen LogP contribution in [0.3, 0.4) is 0 Å². The molecule has 0 spiro atoms. The van der Waals surface area contributed by atoms with Crippen molar-refractivity contribution in [3.8, 4) is 0 Å². The van der Waals surface area contributed by atoms with Gasteiger partial charge in [-0.25, -0.2) is 4.39 Å². The van der Waals surface area contributed by atoms with Crippen LogP contribution in [-0.4, -0.2) is 53.8 Å². The maximum absolute atomic E-state index is 13.6. The van der Waals surface area contributed by atoms with Gasteiger partial charge in [0, 0.05) is 26.2 Å². The number of hydrogen-bond acceptors (Lipinski definition) is 3. The van der Waals surface area contributed by atoms with Gasteiger partial charge in [0.2, 0.25) is 11.8 Å². The van der Waals surface area contributed by atoms with Gasteiger partial charge in [-0.05, 0) is 17.5 Å². The molecule has 1 saturated heterocycles. The Morgan fingerprint density at radius 1 is 1.13 bits per heavy atom. The zero-order valence-corrected chi connectivity index (χ0v) is 13.7. The summed E-state index contributed by atoms with van der Waals surface area (Å²) in [5.74, 6) is -0.461. The predicted octanol–water partition coefficient (Wildman–Crippen LogP) is 1.02. The highest BCUT2D eigenvalue weighted by Gasteiger charge is 2.28. The van der Waals surface area contributed by atoms with Crippen molar-refractivity contribution in [1.82, 2.24) is 9.80 Å². The molecule has 1 aromatic rings. The fourth-order valence-corrected chi connectivity index (χ4v) is 2.59. The summed E-state index contributed by atoms with van der Waals surface area (Å²) in [4.78, 5) is 27.9. The molecular formula is C17H24FN3O2. The maximum atomic E-state index is 13.6. The fraction of sp³-hybridized carbons (Fsp3) is 0.529. The third-order valence-electron chi connectivity index (χ3n) is 4.25. The summed E-state index contributed by atoms with van der Waals surface area (Å²) in [6.07, 6.45) is 0.0477. The second-order valence-electron chi connectivity index (χ2n) is 6.24. The summed E-state index contributed by atoms with van der Waals surface area (Å²) in [6.45, 7) is 5.70. The van der Waals surface area contributed by atoms with Crippen LogP contribution in [0.15, 0.2) is 24.3 Å². The van der Waals surface area contributed by atoms with Crippen LogP contribution in [0.2, 0.25) is 0 Å². The van der Waals surface area contributed by atoms with Crippen molar-refractivity contribution in [3.63, 3.8) is 0 Å². The molecule has 5 nitrogen and oxygen atoms in total. The highest BCUT2D eigenvalue weighted by atomic mass is 19.1. The minimum atomic E-state index is -0.504. The predicted molar refractivity (Wildman–Crippen MR) is 86.1 cm³/mol. The number of nitrogens with zero attached hydrogens (tertiary/aromatic N) is 2. The summed E-state index contributed by atoms with van der Waals surface area (Å²) >= 11 is 0. The van der Waals surface area contributed by atoms with Crippen LogP contribution in [-0.2, 0) is 16.0 Å². The first-order chi connectivity index (χ1) is 10.9. The van der Waals surface area contributed by atoms with Crippen molar-refractivity contribution < 1.29 is 14.0 Å². The summed E-state index contributed by atoms with van der Waals surface area (Å²) in [7, 11) is 0. The summed E-state index contributed by atoms with van der Waals surface area (Å²) in [5, 5.41) is 0. The molecule has 6 heteroatoms. The number of amides is 2. The molecule has 1 aliphatic rings. The highest BCUT2D eigenvalue weighted by Crippen LogP contribution is 2.12. The van der Waals surface area contributed by atoms with E-state index in [2.05, 4.69) is 0 Å². The lowest BCUT2D eigenvalue weighted by Crippen LogP contribution is -2.55. The topological polar surface area (TPSA) is 66.6 Å². The first kappa shape index (κ1) is 17.4. The van der Waals surface area contributed by atoms with Gasteiger partial charge in [0.05, 0.1) is 12.5 Å². The number of piperazine rings is 1. The number of carbonyl (C=O) groups excluding carboxylic acids is 2. The van der Waals surface area contributed by atoms with Gasteiger partial charge in [-0.3, -0.25) is 9.59 Å². The third-order valence-corrected chi connectivity index (χ3v) is 4.25. The van der Waals surface area contributed by atoms with Crippen LogP contribution < -0.4 is 5.73 Å². The number of nitrogens with two attached hydrogens (primary N) is 1. The Morgan fingerprint density at radius 3 is 2.26 bits per heavy atom. The molecule has 2 rings (SSSR count). The van der Waals surface area contributed by atoms with E-state index in [1.54, 1.807) is 28.0 Å². The average Bonchev–Trinajstić information content (AvgIpc) is 2.55. The smallest absolute Gasteiger partial charge is 0.239 e. The van der Waals surface area contributed by atoms with Crippen molar-refractivity contribution >= 4 is 11.8 Å². The fourth-order valence-electron chi connectivity index (χ4n) is 2.59. The lowest BCUT2D eigenvalue weighted by Gasteiger charge is -2.36. The Labute approximate surface area is 136 Å². The van der Waals surface area contributed by atoms with E-state index in [1.165, 1.54) is 6.07 Å². The maximum Gasteiger partial charge on any atom is 0.239 e. The van der Waals surface area contributed by atoms with Crippen LogP contribution in [0.1, 0.15) is 19.4 Å². The second-order valence-corrected chi connectivity index (χ2v) is 6.24. The Kier molecular flexibility index (Phi) is 5.71. The highest BCUT2D eigenvalue weighted by molar-refractivity contribution is 5.83. The molecule has 0 aliphatic carbocycles. The quantitative estimate of drug-likeness (QED) is 0.900. The van der Waals surface area contributed by atoms with Gasteiger partial charge in [0.15, 0.2) is 0 Å². The lowest BCUT2D eigenvalue weighted by atomic mass is 10.0. The number of rotatable bonds is 4. The van der Waals surface area contributed by atoms with E-state index in [-0.39, 0.29) is 30.0 Å². The molecular weight excluding hydrogens is 297 g/mol. The molecule has 0 radical (unpaired) electrons. The monoisotopic (exact) mass is 321 g/mol. The molecule has 2 amide bonds. The SMILES string of the molecule is CC(C)[C@H](N)C(=O)N1CCN(C(=O)Cc2ccccc2F)CC1. The van der Waals surface area contributed by atoms with Gasteiger partial charge < -0.3 is 15.5 Å². The van der Waals surface area contributed by atoms with Crippen molar-refractivity contribution in [2.24, 2.45) is 11.7 Å². The first-order valence-electron chi connectivity index (χ1n) is 7.95. The second kappa shape index (κ2) is 7.55. The average molecular weight is 321 g/mol. The molecule has 126 valence electrons. The van der Waals surface area contributed by atoms with E-state index in [1.807, 2.05) is 13.8 Å². The van der Waals surface area contributed by atoms with Gasteiger partial charge in [-0.15, -0.1) is 0 Å². The lowest BCUT2D eigenvalue weighted by molar-refractivity contribution is -0.140. The van der Waals surface area contributed by atoms with Crippen LogP contribution in [0.5, 0.6) is 0 Å². The van der Waals surface area contributed by atoms with E-state index in [9.17, 15) is 14.0 Å². The summed E-state index contributed by atoms with van der Waals surface area (Å²) in [6, 6.07) is 5.79. The minimum absolute atomic E-state index is 0.0477. The number of carbonyl (C=O) groups is 2. The molecule has 1 aliphatic heterocycles. The number of hydrogen-bond donors (Lipinski definition) is 1. The molecule has 1 atom stereocenters. The molecule has 23 heavy (non-hydrogen) atoms. The van der Waals surface area contributed by atoms with Gasteiger partial charge in [0.25, 0.3) is 0 Å². The summed E-state index contributed by atoms with van der Waals surface area (Å²) in [5.41, 5.74) is 6.29. The normalized spacial score (nSPS) is 16.6. The van der Waals surface area contributed by atoms with E-state index >= 15 is 0 Å². The van der Waals surface area contributed by atoms with Crippen molar-refractivity contribution in [2.75, 3.05) is 26.2 Å². The third kappa shape index (κ3) is 4.28. The van der Waals surface area contributed by atoms with Gasteiger partial charge >= 0.3 is 0 Å². The molecule has 1 heterocycles. The van der Waals surface area contributed by atoms with E-state index in [4.69, 9.17) is 5.73 Å². The molecule has 0 aromatic heterocycles. The number of benzene rings is 1. The molecule has 2 N–H and O–H groups in total. The minimum Gasteiger partial charge on any atom is -0.339 e. The number of halogens is 1. The zero-order valence-electron chi connectivity index (χ0n) is 13.7. The van der Waals surface area contributed by atoms with Gasteiger partial charge in [-0.1, -0.05) is 32.0 Å². The van der Waals surface area contributed by atoms with E-state index in [0.29, 0.717) is 31.7 Å². The molecule has 0 unspecified atom stereocenters. The largest absolute Gasteiger partial charge is 0.339 e. The van der Waals surface area contributed by atoms with Crippen molar-refractivity contribution in [1.29, 1.82) is 0 Å². The van der Waals surface area contributed by atoms with E-state index in [0.717, 1.165) is 0 Å². The molecule has 1 fully saturated rings. The van der Waals surface area contributed by atoms with Gasteiger partial charge in [-0.2, -0.15) is 0 Å². The first-order valence-corrected chi connectivity index (χ1v) is 7.95. The zero-order chi connectivity index (χ0) is 17.0. The molecule has 0 bridgehead atoms.